The van der Waals surface area contributed by atoms with Gasteiger partial charge >= 0.3 is 0 Å². The van der Waals surface area contributed by atoms with E-state index in [-0.39, 0.29) is 17.4 Å². The Balaban J connectivity index is 2.11. The summed E-state index contributed by atoms with van der Waals surface area (Å²) in [7, 11) is 1.62. The minimum Gasteiger partial charge on any atom is -0.507 e. The summed E-state index contributed by atoms with van der Waals surface area (Å²) in [5.41, 5.74) is 2.01. The first-order valence-electron chi connectivity index (χ1n) is 9.59. The molecule has 0 bridgehead atoms. The van der Waals surface area contributed by atoms with Crippen molar-refractivity contribution in [3.63, 3.8) is 0 Å². The van der Waals surface area contributed by atoms with Gasteiger partial charge in [0.1, 0.15) is 5.75 Å². The van der Waals surface area contributed by atoms with Gasteiger partial charge in [-0.1, -0.05) is 6.92 Å². The molecule has 146 valence electrons. The van der Waals surface area contributed by atoms with Gasteiger partial charge in [0, 0.05) is 31.7 Å². The molecule has 0 spiro atoms. The van der Waals surface area contributed by atoms with Gasteiger partial charge in [-0.15, -0.1) is 0 Å². The molecule has 27 heavy (non-hydrogen) atoms. The molecule has 1 aliphatic rings. The number of aromatic nitrogens is 2. The third-order valence-corrected chi connectivity index (χ3v) is 5.52. The van der Waals surface area contributed by atoms with Crippen LogP contribution in [0.5, 0.6) is 5.75 Å². The number of pyridine rings is 2. The molecule has 0 aromatic carbocycles. The molecule has 2 aromatic rings. The van der Waals surface area contributed by atoms with E-state index in [1.165, 1.54) is 0 Å². The topological polar surface area (TPSA) is 67.6 Å². The molecule has 1 saturated heterocycles. The molecule has 1 unspecified atom stereocenters. The van der Waals surface area contributed by atoms with Crippen LogP contribution in [0.15, 0.2) is 35.4 Å². The fourth-order valence-corrected chi connectivity index (χ4v) is 3.88. The average molecular weight is 371 g/mol. The van der Waals surface area contributed by atoms with Gasteiger partial charge in [0.15, 0.2) is 0 Å². The maximum Gasteiger partial charge on any atom is 0.259 e. The molecule has 1 atom stereocenters. The maximum atomic E-state index is 13.3. The highest BCUT2D eigenvalue weighted by molar-refractivity contribution is 5.40. The number of ether oxygens (including phenoxy) is 1. The molecular weight excluding hydrogens is 342 g/mol. The Morgan fingerprint density at radius 3 is 2.59 bits per heavy atom. The number of hydrogen-bond donors (Lipinski definition) is 1. The van der Waals surface area contributed by atoms with Gasteiger partial charge in [0.2, 0.25) is 0 Å². The lowest BCUT2D eigenvalue weighted by molar-refractivity contribution is 0.154. The summed E-state index contributed by atoms with van der Waals surface area (Å²) in [4.78, 5) is 19.8. The summed E-state index contributed by atoms with van der Waals surface area (Å²) in [5, 5.41) is 10.7. The van der Waals surface area contributed by atoms with Crippen LogP contribution in [0.25, 0.3) is 0 Å². The van der Waals surface area contributed by atoms with E-state index in [2.05, 4.69) is 16.8 Å². The summed E-state index contributed by atoms with van der Waals surface area (Å²) in [6.07, 6.45) is 5.66. The maximum absolute atomic E-state index is 13.3. The number of aryl methyl sites for hydroxylation is 1. The van der Waals surface area contributed by atoms with Crippen molar-refractivity contribution in [2.75, 3.05) is 26.8 Å². The Bertz CT molecular complexity index is 811. The lowest BCUT2D eigenvalue weighted by Gasteiger charge is -2.37. The first-order valence-corrected chi connectivity index (χ1v) is 9.59. The van der Waals surface area contributed by atoms with E-state index in [1.54, 1.807) is 30.1 Å². The van der Waals surface area contributed by atoms with E-state index in [1.807, 2.05) is 19.1 Å². The highest BCUT2D eigenvalue weighted by Crippen LogP contribution is 2.34. The van der Waals surface area contributed by atoms with Crippen LogP contribution >= 0.6 is 0 Å². The molecule has 0 saturated carbocycles. The number of nitrogens with zero attached hydrogens (tertiary/aromatic N) is 3. The third-order valence-electron chi connectivity index (χ3n) is 5.52. The van der Waals surface area contributed by atoms with Crippen molar-refractivity contribution in [1.82, 2.24) is 14.5 Å². The molecule has 2 aromatic heterocycles. The Kier molecular flexibility index (Phi) is 6.29. The third kappa shape index (κ3) is 4.22. The quantitative estimate of drug-likeness (QED) is 0.846. The summed E-state index contributed by atoms with van der Waals surface area (Å²) in [6.45, 7) is 6.82. The second-order valence-electron chi connectivity index (χ2n) is 7.44. The first kappa shape index (κ1) is 19.6. The van der Waals surface area contributed by atoms with E-state index in [4.69, 9.17) is 4.74 Å². The Labute approximate surface area is 160 Å². The largest absolute Gasteiger partial charge is 0.507 e. The monoisotopic (exact) mass is 371 g/mol. The molecule has 3 rings (SSSR count). The fraction of sp³-hybridized carbons (Fsp3) is 0.524. The lowest BCUT2D eigenvalue weighted by atomic mass is 9.92. The summed E-state index contributed by atoms with van der Waals surface area (Å²) in [6, 6.07) is 5.28. The van der Waals surface area contributed by atoms with Crippen LogP contribution in [0.1, 0.15) is 42.6 Å². The van der Waals surface area contributed by atoms with Gasteiger partial charge in [0.05, 0.1) is 18.2 Å². The van der Waals surface area contributed by atoms with Gasteiger partial charge < -0.3 is 14.4 Å². The zero-order valence-electron chi connectivity index (χ0n) is 16.4. The van der Waals surface area contributed by atoms with Gasteiger partial charge in [-0.05, 0) is 62.5 Å². The van der Waals surface area contributed by atoms with Crippen LogP contribution in [-0.4, -0.2) is 46.4 Å². The van der Waals surface area contributed by atoms with Crippen LogP contribution in [0.4, 0.5) is 0 Å². The molecule has 0 amide bonds. The zero-order valence-corrected chi connectivity index (χ0v) is 16.4. The van der Waals surface area contributed by atoms with Crippen molar-refractivity contribution in [3.05, 3.63) is 57.8 Å². The molecule has 1 N–H and O–H groups in total. The van der Waals surface area contributed by atoms with Crippen molar-refractivity contribution in [2.45, 2.75) is 39.3 Å². The van der Waals surface area contributed by atoms with E-state index in [0.29, 0.717) is 24.6 Å². The lowest BCUT2D eigenvalue weighted by Crippen LogP contribution is -2.40. The predicted octanol–water partition coefficient (Wildman–Crippen LogP) is 2.73. The molecule has 1 aliphatic heterocycles. The van der Waals surface area contributed by atoms with Crippen LogP contribution in [0, 0.1) is 12.8 Å². The normalized spacial score (nSPS) is 17.1. The Hall–Kier alpha value is -2.18. The summed E-state index contributed by atoms with van der Waals surface area (Å²) in [5.74, 6) is 0.746. The number of rotatable bonds is 6. The summed E-state index contributed by atoms with van der Waals surface area (Å²) >= 11 is 0. The number of likely N-dealkylation sites (tertiary alicyclic amines) is 1. The predicted molar refractivity (Wildman–Crippen MR) is 105 cm³/mol. The van der Waals surface area contributed by atoms with E-state index >= 15 is 0 Å². The van der Waals surface area contributed by atoms with Crippen LogP contribution in [-0.2, 0) is 11.3 Å². The SMILES string of the molecule is COCCn1c(C)cc(O)c(C(c2ccncc2)N2CCC(C)CC2)c1=O. The Morgan fingerprint density at radius 2 is 1.96 bits per heavy atom. The van der Waals surface area contributed by atoms with Gasteiger partial charge in [-0.2, -0.15) is 0 Å². The minimum atomic E-state index is -0.276. The van der Waals surface area contributed by atoms with Gasteiger partial charge in [0.25, 0.3) is 5.56 Å². The molecule has 3 heterocycles. The van der Waals surface area contributed by atoms with Crippen molar-refractivity contribution in [1.29, 1.82) is 0 Å². The van der Waals surface area contributed by atoms with Crippen molar-refractivity contribution in [3.8, 4) is 5.75 Å². The fourth-order valence-electron chi connectivity index (χ4n) is 3.88. The van der Waals surface area contributed by atoms with Crippen LogP contribution in [0.3, 0.4) is 0 Å². The summed E-state index contributed by atoms with van der Waals surface area (Å²) < 4.78 is 6.85. The minimum absolute atomic E-state index is 0.0617. The molecule has 1 fully saturated rings. The van der Waals surface area contributed by atoms with Crippen molar-refractivity contribution in [2.24, 2.45) is 5.92 Å². The zero-order chi connectivity index (χ0) is 19.4. The number of hydrogen-bond acceptors (Lipinski definition) is 5. The molecule has 0 aliphatic carbocycles. The molecule has 0 radical (unpaired) electrons. The number of piperidine rings is 1. The Morgan fingerprint density at radius 1 is 1.30 bits per heavy atom. The van der Waals surface area contributed by atoms with Crippen molar-refractivity contribution < 1.29 is 9.84 Å². The number of aromatic hydroxyl groups is 1. The highest BCUT2D eigenvalue weighted by Gasteiger charge is 2.31. The average Bonchev–Trinajstić information content (AvgIpc) is 2.66. The standard InChI is InChI=1S/C21H29N3O3/c1-15-6-10-23(11-7-15)20(17-4-8-22-9-5-17)19-18(25)14-16(2)24(21(19)26)12-13-27-3/h4-5,8-9,14-15,20,25H,6-7,10-13H2,1-3H3. The van der Waals surface area contributed by atoms with E-state index < -0.39 is 0 Å². The first-order chi connectivity index (χ1) is 13.0. The van der Waals surface area contributed by atoms with Crippen LogP contribution in [0.2, 0.25) is 0 Å². The number of methoxy groups -OCH3 is 1. The highest BCUT2D eigenvalue weighted by atomic mass is 16.5. The molecule has 6 heteroatoms. The smallest absolute Gasteiger partial charge is 0.259 e. The van der Waals surface area contributed by atoms with Crippen molar-refractivity contribution >= 4 is 0 Å². The van der Waals surface area contributed by atoms with Gasteiger partial charge in [-0.3, -0.25) is 14.7 Å². The second kappa shape index (κ2) is 8.67. The molecule has 6 nitrogen and oxygen atoms in total. The van der Waals surface area contributed by atoms with Crippen LogP contribution < -0.4 is 5.56 Å². The van der Waals surface area contributed by atoms with Gasteiger partial charge in [-0.25, -0.2) is 0 Å². The molecular formula is C21H29N3O3. The van der Waals surface area contributed by atoms with E-state index in [9.17, 15) is 9.90 Å². The second-order valence-corrected chi connectivity index (χ2v) is 7.44. The van der Waals surface area contributed by atoms with E-state index in [0.717, 1.165) is 37.2 Å².